The molecular formula is C13H16N4O. The Morgan fingerprint density at radius 3 is 2.67 bits per heavy atom. The summed E-state index contributed by atoms with van der Waals surface area (Å²) in [4.78, 5) is 14.3. The minimum atomic E-state index is 0.768. The topological polar surface area (TPSA) is 54.0 Å². The maximum absolute atomic E-state index is 5.35. The Labute approximate surface area is 106 Å². The average molecular weight is 244 g/mol. The van der Waals surface area contributed by atoms with Gasteiger partial charge in [-0.15, -0.1) is 0 Å². The van der Waals surface area contributed by atoms with Gasteiger partial charge in [0, 0.05) is 36.7 Å². The van der Waals surface area contributed by atoms with E-state index in [0.717, 1.165) is 49.2 Å². The molecule has 0 aromatic carbocycles. The number of nitrogens with one attached hydrogen (secondary N) is 1. The molecule has 1 fully saturated rings. The quantitative estimate of drug-likeness (QED) is 0.872. The van der Waals surface area contributed by atoms with Crippen molar-refractivity contribution in [2.45, 2.75) is 6.92 Å². The van der Waals surface area contributed by atoms with Gasteiger partial charge in [-0.25, -0.2) is 4.98 Å². The van der Waals surface area contributed by atoms with Crippen molar-refractivity contribution in [1.29, 1.82) is 0 Å². The first-order chi connectivity index (χ1) is 8.84. The minimum absolute atomic E-state index is 0.768. The predicted octanol–water partition coefficient (Wildman–Crippen LogP) is 1.62. The van der Waals surface area contributed by atoms with Gasteiger partial charge in [0.2, 0.25) is 5.95 Å². The van der Waals surface area contributed by atoms with Crippen molar-refractivity contribution < 1.29 is 4.74 Å². The molecule has 0 spiro atoms. The number of hydrogen-bond donors (Lipinski definition) is 1. The molecule has 1 aliphatic rings. The van der Waals surface area contributed by atoms with Crippen LogP contribution in [0.1, 0.15) is 5.69 Å². The van der Waals surface area contributed by atoms with Crippen LogP contribution < -0.4 is 4.90 Å². The number of aryl methyl sites for hydroxylation is 1. The second kappa shape index (κ2) is 4.78. The van der Waals surface area contributed by atoms with E-state index in [-0.39, 0.29) is 0 Å². The van der Waals surface area contributed by atoms with E-state index < -0.39 is 0 Å². The highest BCUT2D eigenvalue weighted by atomic mass is 16.5. The molecular weight excluding hydrogens is 228 g/mol. The zero-order valence-corrected chi connectivity index (χ0v) is 10.4. The van der Waals surface area contributed by atoms with Crippen molar-refractivity contribution in [3.05, 3.63) is 30.2 Å². The lowest BCUT2D eigenvalue weighted by molar-refractivity contribution is 0.122. The van der Waals surface area contributed by atoms with Crippen LogP contribution in [0.5, 0.6) is 0 Å². The number of imidazole rings is 1. The molecule has 5 heteroatoms. The Morgan fingerprint density at radius 1 is 1.22 bits per heavy atom. The Morgan fingerprint density at radius 2 is 1.94 bits per heavy atom. The standard InChI is InChI=1S/C13H16N4O/c1-10-12(11-2-4-14-5-3-11)16-13(15-10)17-6-8-18-9-7-17/h2-5H,6-9H2,1H3,(H,15,16). The van der Waals surface area contributed by atoms with Crippen molar-refractivity contribution >= 4 is 5.95 Å². The molecule has 2 aromatic heterocycles. The summed E-state index contributed by atoms with van der Waals surface area (Å²) in [6.07, 6.45) is 3.58. The van der Waals surface area contributed by atoms with Crippen LogP contribution in [0.15, 0.2) is 24.5 Å². The van der Waals surface area contributed by atoms with Gasteiger partial charge in [0.15, 0.2) is 0 Å². The second-order valence-corrected chi connectivity index (χ2v) is 4.37. The molecule has 5 nitrogen and oxygen atoms in total. The van der Waals surface area contributed by atoms with Crippen molar-refractivity contribution in [2.24, 2.45) is 0 Å². The highest BCUT2D eigenvalue weighted by Crippen LogP contribution is 2.23. The number of aromatic amines is 1. The average Bonchev–Trinajstić information content (AvgIpc) is 2.83. The number of anilines is 1. The summed E-state index contributed by atoms with van der Waals surface area (Å²) in [6.45, 7) is 5.37. The summed E-state index contributed by atoms with van der Waals surface area (Å²) >= 11 is 0. The van der Waals surface area contributed by atoms with Crippen molar-refractivity contribution in [3.63, 3.8) is 0 Å². The molecule has 18 heavy (non-hydrogen) atoms. The van der Waals surface area contributed by atoms with Crippen LogP contribution >= 0.6 is 0 Å². The van der Waals surface area contributed by atoms with E-state index in [0.29, 0.717) is 0 Å². The van der Waals surface area contributed by atoms with Gasteiger partial charge in [-0.2, -0.15) is 0 Å². The van der Waals surface area contributed by atoms with Crippen LogP contribution in [-0.2, 0) is 4.74 Å². The zero-order valence-electron chi connectivity index (χ0n) is 10.4. The van der Waals surface area contributed by atoms with Gasteiger partial charge in [-0.1, -0.05) is 0 Å². The lowest BCUT2D eigenvalue weighted by atomic mass is 10.2. The van der Waals surface area contributed by atoms with Crippen molar-refractivity contribution in [2.75, 3.05) is 31.2 Å². The van der Waals surface area contributed by atoms with E-state index in [1.165, 1.54) is 0 Å². The molecule has 0 saturated carbocycles. The van der Waals surface area contributed by atoms with E-state index >= 15 is 0 Å². The van der Waals surface area contributed by atoms with Gasteiger partial charge in [0.25, 0.3) is 0 Å². The third kappa shape index (κ3) is 2.09. The van der Waals surface area contributed by atoms with Crippen LogP contribution in [0.25, 0.3) is 11.3 Å². The number of H-pyrrole nitrogens is 1. The number of morpholine rings is 1. The summed E-state index contributed by atoms with van der Waals surface area (Å²) in [7, 11) is 0. The first kappa shape index (κ1) is 11.2. The zero-order chi connectivity index (χ0) is 12.4. The van der Waals surface area contributed by atoms with Gasteiger partial charge < -0.3 is 14.6 Å². The lowest BCUT2D eigenvalue weighted by Crippen LogP contribution is -2.36. The van der Waals surface area contributed by atoms with Gasteiger partial charge in [-0.3, -0.25) is 4.98 Å². The van der Waals surface area contributed by atoms with Gasteiger partial charge >= 0.3 is 0 Å². The summed E-state index contributed by atoms with van der Waals surface area (Å²) in [6, 6.07) is 3.96. The van der Waals surface area contributed by atoms with Crippen molar-refractivity contribution in [3.8, 4) is 11.3 Å². The smallest absolute Gasteiger partial charge is 0.203 e. The largest absolute Gasteiger partial charge is 0.378 e. The molecule has 1 N–H and O–H groups in total. The van der Waals surface area contributed by atoms with Crippen LogP contribution in [-0.4, -0.2) is 41.3 Å². The summed E-state index contributed by atoms with van der Waals surface area (Å²) in [5.74, 6) is 0.933. The molecule has 3 rings (SSSR count). The third-order valence-corrected chi connectivity index (χ3v) is 3.14. The maximum atomic E-state index is 5.35. The van der Waals surface area contributed by atoms with Gasteiger partial charge in [0.05, 0.1) is 18.9 Å². The molecule has 0 amide bonds. The van der Waals surface area contributed by atoms with E-state index in [1.807, 2.05) is 19.1 Å². The summed E-state index contributed by atoms with van der Waals surface area (Å²) < 4.78 is 5.35. The molecule has 0 unspecified atom stereocenters. The molecule has 1 saturated heterocycles. The Balaban J connectivity index is 1.91. The molecule has 94 valence electrons. The fourth-order valence-corrected chi connectivity index (χ4v) is 2.16. The second-order valence-electron chi connectivity index (χ2n) is 4.37. The molecule has 0 atom stereocenters. The minimum Gasteiger partial charge on any atom is -0.378 e. The number of hydrogen-bond acceptors (Lipinski definition) is 4. The highest BCUT2D eigenvalue weighted by Gasteiger charge is 2.16. The monoisotopic (exact) mass is 244 g/mol. The molecule has 3 heterocycles. The molecule has 0 bridgehead atoms. The number of ether oxygens (including phenoxy) is 1. The molecule has 0 aliphatic carbocycles. The first-order valence-corrected chi connectivity index (χ1v) is 6.14. The third-order valence-electron chi connectivity index (χ3n) is 3.14. The predicted molar refractivity (Wildman–Crippen MR) is 69.6 cm³/mol. The fraction of sp³-hybridized carbons (Fsp3) is 0.385. The fourth-order valence-electron chi connectivity index (χ4n) is 2.16. The van der Waals surface area contributed by atoms with E-state index in [9.17, 15) is 0 Å². The van der Waals surface area contributed by atoms with Crippen molar-refractivity contribution in [1.82, 2.24) is 15.0 Å². The number of pyridine rings is 1. The number of nitrogens with zero attached hydrogens (tertiary/aromatic N) is 3. The normalized spacial score (nSPS) is 15.9. The summed E-state index contributed by atoms with van der Waals surface area (Å²) in [5.41, 5.74) is 3.18. The van der Waals surface area contributed by atoms with Crippen LogP contribution in [0.3, 0.4) is 0 Å². The number of aromatic nitrogens is 3. The highest BCUT2D eigenvalue weighted by molar-refractivity contribution is 5.63. The van der Waals surface area contributed by atoms with E-state index in [4.69, 9.17) is 9.72 Å². The molecule has 2 aromatic rings. The Hall–Kier alpha value is -1.88. The number of rotatable bonds is 2. The maximum Gasteiger partial charge on any atom is 0.203 e. The first-order valence-electron chi connectivity index (χ1n) is 6.14. The van der Waals surface area contributed by atoms with Gasteiger partial charge in [-0.05, 0) is 19.1 Å². The summed E-state index contributed by atoms with van der Waals surface area (Å²) in [5, 5.41) is 0. The van der Waals surface area contributed by atoms with E-state index in [2.05, 4.69) is 14.9 Å². The van der Waals surface area contributed by atoms with Crippen LogP contribution in [0.4, 0.5) is 5.95 Å². The Kier molecular flexibility index (Phi) is 2.98. The Bertz CT molecular complexity index is 517. The molecule has 0 radical (unpaired) electrons. The molecule has 1 aliphatic heterocycles. The SMILES string of the molecule is Cc1[nH]c(N2CCOCC2)nc1-c1ccncc1. The van der Waals surface area contributed by atoms with Gasteiger partial charge in [0.1, 0.15) is 0 Å². The van der Waals surface area contributed by atoms with E-state index in [1.54, 1.807) is 12.4 Å². The van der Waals surface area contributed by atoms with Crippen LogP contribution in [0.2, 0.25) is 0 Å². The lowest BCUT2D eigenvalue weighted by Gasteiger charge is -2.26. The van der Waals surface area contributed by atoms with Crippen LogP contribution in [0, 0.1) is 6.92 Å².